The highest BCUT2D eigenvalue weighted by Gasteiger charge is 2.10. The summed E-state index contributed by atoms with van der Waals surface area (Å²) >= 11 is 0. The maximum atomic E-state index is 12.0. The quantitative estimate of drug-likeness (QED) is 0.603. The predicted octanol–water partition coefficient (Wildman–Crippen LogP) is 3.78. The van der Waals surface area contributed by atoms with E-state index in [0.29, 0.717) is 11.3 Å². The Hall–Kier alpha value is -2.09. The maximum absolute atomic E-state index is 12.0. The highest BCUT2D eigenvalue weighted by Crippen LogP contribution is 2.16. The van der Waals surface area contributed by atoms with Crippen molar-refractivity contribution in [3.8, 4) is 5.75 Å². The van der Waals surface area contributed by atoms with Gasteiger partial charge in [0, 0.05) is 0 Å². The van der Waals surface area contributed by atoms with Crippen LogP contribution in [0.25, 0.3) is 0 Å². The standard InChI is InChI=1S/C16H16O2/c1-3-13-8-6-9-14(11-13)18-16(17)15-10-5-4-7-12(15)2/h4-11H,3H2,1-2H3. The first-order chi connectivity index (χ1) is 8.70. The fourth-order valence-corrected chi connectivity index (χ4v) is 1.79. The molecule has 2 aromatic rings. The Balaban J connectivity index is 2.19. The van der Waals surface area contributed by atoms with Gasteiger partial charge in [-0.2, -0.15) is 0 Å². The molecule has 0 N–H and O–H groups in total. The van der Waals surface area contributed by atoms with E-state index in [2.05, 4.69) is 6.92 Å². The van der Waals surface area contributed by atoms with Crippen LogP contribution in [0, 0.1) is 6.92 Å². The summed E-state index contributed by atoms with van der Waals surface area (Å²) in [4.78, 5) is 12.0. The second kappa shape index (κ2) is 5.50. The number of carbonyl (C=O) groups excluding carboxylic acids is 1. The Morgan fingerprint density at radius 1 is 1.11 bits per heavy atom. The Morgan fingerprint density at radius 3 is 2.61 bits per heavy atom. The van der Waals surface area contributed by atoms with Gasteiger partial charge in [-0.3, -0.25) is 0 Å². The van der Waals surface area contributed by atoms with Crippen molar-refractivity contribution in [3.05, 3.63) is 65.2 Å². The van der Waals surface area contributed by atoms with Crippen molar-refractivity contribution in [1.82, 2.24) is 0 Å². The number of carbonyl (C=O) groups is 1. The molecule has 2 rings (SSSR count). The number of esters is 1. The first kappa shape index (κ1) is 12.4. The molecule has 0 fully saturated rings. The van der Waals surface area contributed by atoms with Crippen LogP contribution < -0.4 is 4.74 Å². The summed E-state index contributed by atoms with van der Waals surface area (Å²) in [6.45, 7) is 3.97. The van der Waals surface area contributed by atoms with Crippen molar-refractivity contribution >= 4 is 5.97 Å². The van der Waals surface area contributed by atoms with E-state index in [9.17, 15) is 4.79 Å². The van der Waals surface area contributed by atoms with Crippen LogP contribution in [0.1, 0.15) is 28.4 Å². The first-order valence-electron chi connectivity index (χ1n) is 6.07. The largest absolute Gasteiger partial charge is 0.423 e. The number of benzene rings is 2. The molecule has 18 heavy (non-hydrogen) atoms. The van der Waals surface area contributed by atoms with Crippen molar-refractivity contribution in [2.75, 3.05) is 0 Å². The van der Waals surface area contributed by atoms with Crippen molar-refractivity contribution < 1.29 is 9.53 Å². The molecular weight excluding hydrogens is 224 g/mol. The van der Waals surface area contributed by atoms with E-state index < -0.39 is 0 Å². The second-order valence-corrected chi connectivity index (χ2v) is 4.21. The minimum Gasteiger partial charge on any atom is -0.423 e. The fraction of sp³-hybridized carbons (Fsp3) is 0.188. The normalized spacial score (nSPS) is 10.1. The molecule has 0 radical (unpaired) electrons. The van der Waals surface area contributed by atoms with Gasteiger partial charge < -0.3 is 4.74 Å². The Labute approximate surface area is 107 Å². The van der Waals surface area contributed by atoms with Crippen LogP contribution in [-0.4, -0.2) is 5.97 Å². The molecule has 2 heteroatoms. The summed E-state index contributed by atoms with van der Waals surface area (Å²) in [5.41, 5.74) is 2.69. The zero-order chi connectivity index (χ0) is 13.0. The van der Waals surface area contributed by atoms with Crippen LogP contribution in [0.2, 0.25) is 0 Å². The third kappa shape index (κ3) is 2.77. The monoisotopic (exact) mass is 240 g/mol. The molecule has 0 aliphatic heterocycles. The Morgan fingerprint density at radius 2 is 1.89 bits per heavy atom. The number of hydrogen-bond donors (Lipinski definition) is 0. The fourth-order valence-electron chi connectivity index (χ4n) is 1.79. The zero-order valence-corrected chi connectivity index (χ0v) is 10.6. The van der Waals surface area contributed by atoms with Crippen LogP contribution in [-0.2, 0) is 6.42 Å². The van der Waals surface area contributed by atoms with Crippen LogP contribution in [0.3, 0.4) is 0 Å². The van der Waals surface area contributed by atoms with Gasteiger partial charge in [0.1, 0.15) is 5.75 Å². The maximum Gasteiger partial charge on any atom is 0.343 e. The molecule has 2 aromatic carbocycles. The number of aryl methyl sites for hydroxylation is 2. The topological polar surface area (TPSA) is 26.3 Å². The molecule has 0 aromatic heterocycles. The van der Waals surface area contributed by atoms with Gasteiger partial charge in [-0.15, -0.1) is 0 Å². The van der Waals surface area contributed by atoms with E-state index in [1.54, 1.807) is 12.1 Å². The molecule has 0 spiro atoms. The molecule has 0 bridgehead atoms. The average molecular weight is 240 g/mol. The molecular formula is C16H16O2. The summed E-state index contributed by atoms with van der Waals surface area (Å²) in [5.74, 6) is 0.295. The summed E-state index contributed by atoms with van der Waals surface area (Å²) in [6, 6.07) is 15.0. The van der Waals surface area contributed by atoms with Crippen LogP contribution in [0.4, 0.5) is 0 Å². The van der Waals surface area contributed by atoms with E-state index in [-0.39, 0.29) is 5.97 Å². The lowest BCUT2D eigenvalue weighted by Gasteiger charge is -2.07. The van der Waals surface area contributed by atoms with Gasteiger partial charge in [0.15, 0.2) is 0 Å². The van der Waals surface area contributed by atoms with E-state index in [1.165, 1.54) is 0 Å². The minimum atomic E-state index is -0.304. The Bertz CT molecular complexity index is 559. The van der Waals surface area contributed by atoms with Crippen molar-refractivity contribution in [2.45, 2.75) is 20.3 Å². The van der Waals surface area contributed by atoms with Gasteiger partial charge >= 0.3 is 5.97 Å². The van der Waals surface area contributed by atoms with E-state index in [1.807, 2.05) is 43.3 Å². The molecule has 0 amide bonds. The van der Waals surface area contributed by atoms with E-state index >= 15 is 0 Å². The predicted molar refractivity (Wildman–Crippen MR) is 72.0 cm³/mol. The van der Waals surface area contributed by atoms with Gasteiger partial charge in [-0.1, -0.05) is 37.3 Å². The molecule has 0 atom stereocenters. The molecule has 0 saturated carbocycles. The smallest absolute Gasteiger partial charge is 0.343 e. The van der Waals surface area contributed by atoms with Gasteiger partial charge in [0.05, 0.1) is 5.56 Å². The highest BCUT2D eigenvalue weighted by atomic mass is 16.5. The first-order valence-corrected chi connectivity index (χ1v) is 6.07. The van der Waals surface area contributed by atoms with Crippen LogP contribution >= 0.6 is 0 Å². The Kier molecular flexibility index (Phi) is 3.78. The SMILES string of the molecule is CCc1cccc(OC(=O)c2ccccc2C)c1. The molecule has 0 aliphatic rings. The third-order valence-corrected chi connectivity index (χ3v) is 2.88. The average Bonchev–Trinajstić information content (AvgIpc) is 2.39. The van der Waals surface area contributed by atoms with E-state index in [0.717, 1.165) is 17.5 Å². The molecule has 2 nitrogen and oxygen atoms in total. The van der Waals surface area contributed by atoms with Crippen molar-refractivity contribution in [1.29, 1.82) is 0 Å². The zero-order valence-electron chi connectivity index (χ0n) is 10.6. The van der Waals surface area contributed by atoms with Gasteiger partial charge in [-0.05, 0) is 42.7 Å². The molecule has 0 aliphatic carbocycles. The van der Waals surface area contributed by atoms with Crippen LogP contribution in [0.15, 0.2) is 48.5 Å². The highest BCUT2D eigenvalue weighted by molar-refractivity contribution is 5.92. The number of hydrogen-bond acceptors (Lipinski definition) is 2. The molecule has 0 saturated heterocycles. The summed E-state index contributed by atoms with van der Waals surface area (Å²) in [6.07, 6.45) is 0.926. The summed E-state index contributed by atoms with van der Waals surface area (Å²) in [5, 5.41) is 0. The molecule has 0 heterocycles. The molecule has 0 unspecified atom stereocenters. The third-order valence-electron chi connectivity index (χ3n) is 2.88. The van der Waals surface area contributed by atoms with E-state index in [4.69, 9.17) is 4.74 Å². The van der Waals surface area contributed by atoms with Crippen molar-refractivity contribution in [3.63, 3.8) is 0 Å². The van der Waals surface area contributed by atoms with Crippen molar-refractivity contribution in [2.24, 2.45) is 0 Å². The minimum absolute atomic E-state index is 0.304. The van der Waals surface area contributed by atoms with Crippen LogP contribution in [0.5, 0.6) is 5.75 Å². The number of ether oxygens (including phenoxy) is 1. The number of rotatable bonds is 3. The van der Waals surface area contributed by atoms with Gasteiger partial charge in [0.2, 0.25) is 0 Å². The summed E-state index contributed by atoms with van der Waals surface area (Å²) in [7, 11) is 0. The lowest BCUT2D eigenvalue weighted by atomic mass is 10.1. The van der Waals surface area contributed by atoms with Gasteiger partial charge in [0.25, 0.3) is 0 Å². The summed E-state index contributed by atoms with van der Waals surface area (Å²) < 4.78 is 5.38. The van der Waals surface area contributed by atoms with Gasteiger partial charge in [-0.25, -0.2) is 4.79 Å². The lowest BCUT2D eigenvalue weighted by molar-refractivity contribution is 0.0734. The molecule has 92 valence electrons. The lowest BCUT2D eigenvalue weighted by Crippen LogP contribution is -2.10. The second-order valence-electron chi connectivity index (χ2n) is 4.21.